The van der Waals surface area contributed by atoms with Gasteiger partial charge in [-0.2, -0.15) is 0 Å². The highest BCUT2D eigenvalue weighted by Crippen LogP contribution is 2.40. The first-order valence-corrected chi connectivity index (χ1v) is 6.89. The number of pyridine rings is 1. The lowest BCUT2D eigenvalue weighted by Crippen LogP contribution is -2.09. The maximum atomic E-state index is 13.7. The van der Waals surface area contributed by atoms with Crippen molar-refractivity contribution >= 4 is 52.1 Å². The van der Waals surface area contributed by atoms with Crippen LogP contribution >= 0.6 is 34.8 Å². The summed E-state index contributed by atoms with van der Waals surface area (Å²) in [7, 11) is 1.15. The van der Waals surface area contributed by atoms with Gasteiger partial charge >= 0.3 is 5.97 Å². The highest BCUT2D eigenvalue weighted by atomic mass is 35.5. The number of nitrogens with zero attached hydrogens (tertiary/aromatic N) is 1. The van der Waals surface area contributed by atoms with Gasteiger partial charge in [0, 0.05) is 10.6 Å². The third-order valence-corrected chi connectivity index (χ3v) is 3.82. The predicted molar refractivity (Wildman–Crippen MR) is 84.8 cm³/mol. The van der Waals surface area contributed by atoms with Gasteiger partial charge in [-0.15, -0.1) is 0 Å². The molecule has 0 atom stereocenters. The fraction of sp³-hybridized carbons (Fsp3) is 0.0769. The van der Waals surface area contributed by atoms with E-state index in [1.54, 1.807) is 0 Å². The number of rotatable bonds is 2. The van der Waals surface area contributed by atoms with E-state index in [0.717, 1.165) is 13.2 Å². The Morgan fingerprint density at radius 2 is 1.82 bits per heavy atom. The molecule has 4 N–H and O–H groups in total. The van der Waals surface area contributed by atoms with Crippen molar-refractivity contribution in [3.05, 3.63) is 38.7 Å². The van der Waals surface area contributed by atoms with Gasteiger partial charge in [-0.05, 0) is 12.1 Å². The van der Waals surface area contributed by atoms with Crippen LogP contribution in [0.25, 0.3) is 11.3 Å². The second kappa shape index (κ2) is 6.16. The number of benzene rings is 1. The standard InChI is InChI=1S/C13H9Cl3FN3O2/c1-22-13(21)12-8(16)10(19)7(15)11(20-12)5-2-4(14)3-6(17)9(5)18/h2-3H,18H2,1H3,(H2,19,20). The van der Waals surface area contributed by atoms with Crippen molar-refractivity contribution in [1.82, 2.24) is 4.98 Å². The number of ether oxygens (including phenoxy) is 1. The van der Waals surface area contributed by atoms with Gasteiger partial charge in [0.1, 0.15) is 5.82 Å². The Kier molecular flexibility index (Phi) is 4.65. The number of nitrogen functional groups attached to an aromatic ring is 2. The van der Waals surface area contributed by atoms with Gasteiger partial charge in [0.15, 0.2) is 5.69 Å². The molecule has 0 radical (unpaired) electrons. The summed E-state index contributed by atoms with van der Waals surface area (Å²) in [6.45, 7) is 0. The number of nitrogens with two attached hydrogens (primary N) is 2. The highest BCUT2D eigenvalue weighted by Gasteiger charge is 2.23. The second-order valence-corrected chi connectivity index (χ2v) is 5.38. The topological polar surface area (TPSA) is 91.2 Å². The minimum atomic E-state index is -0.823. The predicted octanol–water partition coefficient (Wildman–Crippen LogP) is 3.80. The molecule has 0 aliphatic rings. The van der Waals surface area contributed by atoms with E-state index < -0.39 is 11.8 Å². The molecule has 9 heteroatoms. The Labute approximate surface area is 139 Å². The number of anilines is 2. The molecule has 5 nitrogen and oxygen atoms in total. The zero-order valence-electron chi connectivity index (χ0n) is 11.1. The molecular formula is C13H9Cl3FN3O2. The van der Waals surface area contributed by atoms with E-state index in [4.69, 9.17) is 46.3 Å². The van der Waals surface area contributed by atoms with E-state index in [9.17, 15) is 9.18 Å². The zero-order chi connectivity index (χ0) is 16.6. The first-order chi connectivity index (χ1) is 10.3. The van der Waals surface area contributed by atoms with Crippen LogP contribution in [0.5, 0.6) is 0 Å². The van der Waals surface area contributed by atoms with E-state index >= 15 is 0 Å². The lowest BCUT2D eigenvalue weighted by Gasteiger charge is -2.13. The van der Waals surface area contributed by atoms with E-state index in [0.29, 0.717) is 0 Å². The summed E-state index contributed by atoms with van der Waals surface area (Å²) in [5, 5.41) is -0.166. The molecule has 2 aromatic rings. The summed E-state index contributed by atoms with van der Waals surface area (Å²) in [4.78, 5) is 15.7. The van der Waals surface area contributed by atoms with Crippen molar-refractivity contribution in [2.24, 2.45) is 0 Å². The van der Waals surface area contributed by atoms with E-state index in [-0.39, 0.29) is 43.4 Å². The monoisotopic (exact) mass is 363 g/mol. The first-order valence-electron chi connectivity index (χ1n) is 5.75. The smallest absolute Gasteiger partial charge is 0.358 e. The molecule has 1 aromatic carbocycles. The second-order valence-electron chi connectivity index (χ2n) is 4.19. The Balaban J connectivity index is 2.82. The minimum absolute atomic E-state index is 0.0251. The molecule has 22 heavy (non-hydrogen) atoms. The van der Waals surface area contributed by atoms with Gasteiger partial charge in [-0.25, -0.2) is 14.2 Å². The van der Waals surface area contributed by atoms with Crippen LogP contribution in [0.15, 0.2) is 12.1 Å². The van der Waals surface area contributed by atoms with Gasteiger partial charge in [0.2, 0.25) is 0 Å². The average molecular weight is 365 g/mol. The molecule has 1 aromatic heterocycles. The number of carbonyl (C=O) groups is 1. The molecule has 0 saturated heterocycles. The van der Waals surface area contributed by atoms with Crippen LogP contribution in [0.3, 0.4) is 0 Å². The van der Waals surface area contributed by atoms with E-state index in [2.05, 4.69) is 9.72 Å². The van der Waals surface area contributed by atoms with Gasteiger partial charge in [-0.3, -0.25) is 0 Å². The quantitative estimate of drug-likeness (QED) is 0.625. The van der Waals surface area contributed by atoms with Crippen LogP contribution in [0.1, 0.15) is 10.5 Å². The Hall–Kier alpha value is -1.76. The number of halogens is 4. The van der Waals surface area contributed by atoms with E-state index in [1.165, 1.54) is 6.07 Å². The summed E-state index contributed by atoms with van der Waals surface area (Å²) >= 11 is 17.8. The average Bonchev–Trinajstić information content (AvgIpc) is 2.48. The Morgan fingerprint density at radius 1 is 1.18 bits per heavy atom. The van der Waals surface area contributed by atoms with Crippen molar-refractivity contribution in [3.63, 3.8) is 0 Å². The molecular weight excluding hydrogens is 356 g/mol. The van der Waals surface area contributed by atoms with Crippen molar-refractivity contribution in [3.8, 4) is 11.3 Å². The molecule has 116 valence electrons. The fourth-order valence-electron chi connectivity index (χ4n) is 1.75. The van der Waals surface area contributed by atoms with Gasteiger partial charge in [0.05, 0.1) is 34.2 Å². The van der Waals surface area contributed by atoms with Crippen LogP contribution in [0.2, 0.25) is 15.1 Å². The Bertz CT molecular complexity index is 784. The fourth-order valence-corrected chi connectivity index (χ4v) is 2.46. The number of carbonyl (C=O) groups excluding carboxylic acids is 1. The summed E-state index contributed by atoms with van der Waals surface area (Å²) in [6.07, 6.45) is 0. The number of hydrogen-bond acceptors (Lipinski definition) is 5. The molecule has 2 rings (SSSR count). The number of aromatic nitrogens is 1. The molecule has 0 spiro atoms. The third kappa shape index (κ3) is 2.77. The van der Waals surface area contributed by atoms with E-state index in [1.807, 2.05) is 0 Å². The third-order valence-electron chi connectivity index (χ3n) is 2.84. The Morgan fingerprint density at radius 3 is 2.41 bits per heavy atom. The molecule has 0 saturated carbocycles. The molecule has 0 unspecified atom stereocenters. The summed E-state index contributed by atoms with van der Waals surface area (Å²) in [6, 6.07) is 2.39. The SMILES string of the molecule is COC(=O)c1nc(-c2cc(Cl)cc(F)c2N)c(Cl)c(N)c1Cl. The normalized spacial score (nSPS) is 10.6. The van der Waals surface area contributed by atoms with Gasteiger partial charge < -0.3 is 16.2 Å². The van der Waals surface area contributed by atoms with Crippen molar-refractivity contribution < 1.29 is 13.9 Å². The van der Waals surface area contributed by atoms with Crippen molar-refractivity contribution in [1.29, 1.82) is 0 Å². The lowest BCUT2D eigenvalue weighted by molar-refractivity contribution is 0.0594. The van der Waals surface area contributed by atoms with Crippen LogP contribution in [-0.4, -0.2) is 18.1 Å². The van der Waals surface area contributed by atoms with Crippen molar-refractivity contribution in [2.45, 2.75) is 0 Å². The molecule has 0 aliphatic carbocycles. The largest absolute Gasteiger partial charge is 0.464 e. The van der Waals surface area contributed by atoms with Gasteiger partial charge in [0.25, 0.3) is 0 Å². The number of hydrogen-bond donors (Lipinski definition) is 2. The lowest BCUT2D eigenvalue weighted by atomic mass is 10.1. The van der Waals surface area contributed by atoms with Crippen LogP contribution in [0.4, 0.5) is 15.8 Å². The molecule has 0 fully saturated rings. The number of methoxy groups -OCH3 is 1. The maximum Gasteiger partial charge on any atom is 0.358 e. The highest BCUT2D eigenvalue weighted by molar-refractivity contribution is 6.42. The zero-order valence-corrected chi connectivity index (χ0v) is 13.4. The molecule has 0 amide bonds. The minimum Gasteiger partial charge on any atom is -0.464 e. The molecule has 1 heterocycles. The van der Waals surface area contributed by atoms with Crippen LogP contribution < -0.4 is 11.5 Å². The van der Waals surface area contributed by atoms with Crippen LogP contribution in [0, 0.1) is 5.82 Å². The van der Waals surface area contributed by atoms with Gasteiger partial charge in [-0.1, -0.05) is 34.8 Å². The van der Waals surface area contributed by atoms with Crippen LogP contribution in [-0.2, 0) is 4.74 Å². The maximum absolute atomic E-state index is 13.7. The summed E-state index contributed by atoms with van der Waals surface area (Å²) < 4.78 is 18.3. The first kappa shape index (κ1) is 16.6. The number of esters is 1. The summed E-state index contributed by atoms with van der Waals surface area (Å²) in [5.74, 6) is -1.58. The molecule has 0 bridgehead atoms. The molecule has 0 aliphatic heterocycles. The summed E-state index contributed by atoms with van der Waals surface area (Å²) in [5.41, 5.74) is 10.9. The van der Waals surface area contributed by atoms with Crippen molar-refractivity contribution in [2.75, 3.05) is 18.6 Å².